The number of hydrogen-bond acceptors (Lipinski definition) is 4. The summed E-state index contributed by atoms with van der Waals surface area (Å²) in [6.45, 7) is 2.05. The summed E-state index contributed by atoms with van der Waals surface area (Å²) < 4.78 is 0. The number of aromatic nitrogens is 1. The normalized spacial score (nSPS) is 12.1. The van der Waals surface area contributed by atoms with Crippen LogP contribution in [0.15, 0.2) is 52.5 Å². The second kappa shape index (κ2) is 7.06. The summed E-state index contributed by atoms with van der Waals surface area (Å²) in [7, 11) is 1.85. The third kappa shape index (κ3) is 3.68. The average Bonchev–Trinajstić information content (AvgIpc) is 3.25. The fourth-order valence-electron chi connectivity index (χ4n) is 2.36. The zero-order valence-corrected chi connectivity index (χ0v) is 14.7. The third-order valence-corrected chi connectivity index (χ3v) is 5.53. The predicted molar refractivity (Wildman–Crippen MR) is 96.8 cm³/mol. The summed E-state index contributed by atoms with van der Waals surface area (Å²) in [5.74, 6) is 0.0866. The van der Waals surface area contributed by atoms with Gasteiger partial charge in [0.15, 0.2) is 0 Å². The van der Waals surface area contributed by atoms with Crippen LogP contribution in [-0.2, 0) is 11.2 Å². The molecule has 3 rings (SSSR count). The van der Waals surface area contributed by atoms with Crippen molar-refractivity contribution in [2.75, 3.05) is 7.05 Å². The van der Waals surface area contributed by atoms with E-state index >= 15 is 0 Å². The zero-order chi connectivity index (χ0) is 16.2. The lowest BCUT2D eigenvalue weighted by atomic mass is 10.1. The molecule has 0 spiro atoms. The molecule has 1 amide bonds. The number of carbonyl (C=O) groups is 1. The summed E-state index contributed by atoms with van der Waals surface area (Å²) in [5, 5.41) is 7.07. The molecule has 0 N–H and O–H groups in total. The van der Waals surface area contributed by atoms with Crippen LogP contribution in [0.2, 0.25) is 0 Å². The van der Waals surface area contributed by atoms with E-state index in [1.165, 1.54) is 0 Å². The minimum atomic E-state index is 0.0543. The lowest BCUT2D eigenvalue weighted by Gasteiger charge is -2.25. The molecule has 0 aliphatic rings. The molecule has 0 aliphatic heterocycles. The smallest absolute Gasteiger partial charge is 0.228 e. The van der Waals surface area contributed by atoms with Gasteiger partial charge in [-0.3, -0.25) is 4.79 Å². The van der Waals surface area contributed by atoms with Crippen LogP contribution in [0.4, 0.5) is 0 Å². The first kappa shape index (κ1) is 15.9. The highest BCUT2D eigenvalue weighted by Gasteiger charge is 2.18. The summed E-state index contributed by atoms with van der Waals surface area (Å²) in [6, 6.07) is 12.2. The van der Waals surface area contributed by atoms with Gasteiger partial charge in [-0.25, -0.2) is 4.98 Å². The number of thiophene rings is 1. The summed E-state index contributed by atoms with van der Waals surface area (Å²) >= 11 is 3.25. The summed E-state index contributed by atoms with van der Waals surface area (Å²) in [4.78, 5) is 18.9. The molecule has 1 atom stereocenters. The van der Waals surface area contributed by atoms with E-state index in [1.54, 1.807) is 27.6 Å². The van der Waals surface area contributed by atoms with E-state index in [0.717, 1.165) is 21.8 Å². The van der Waals surface area contributed by atoms with Crippen LogP contribution in [0.1, 0.15) is 24.2 Å². The molecule has 0 aliphatic carbocycles. The van der Waals surface area contributed by atoms with Gasteiger partial charge in [0.2, 0.25) is 5.91 Å². The van der Waals surface area contributed by atoms with Crippen molar-refractivity contribution >= 4 is 28.6 Å². The van der Waals surface area contributed by atoms with Crippen LogP contribution in [0.5, 0.6) is 0 Å². The number of benzene rings is 1. The molecule has 0 bridgehead atoms. The van der Waals surface area contributed by atoms with Gasteiger partial charge in [0, 0.05) is 23.4 Å². The molecule has 0 saturated heterocycles. The first-order valence-corrected chi connectivity index (χ1v) is 9.25. The van der Waals surface area contributed by atoms with Crippen LogP contribution >= 0.6 is 22.7 Å². The van der Waals surface area contributed by atoms with E-state index in [2.05, 4.69) is 16.4 Å². The van der Waals surface area contributed by atoms with E-state index in [4.69, 9.17) is 0 Å². The Morgan fingerprint density at radius 1 is 1.22 bits per heavy atom. The molecule has 3 aromatic rings. The van der Waals surface area contributed by atoms with Crippen LogP contribution in [0.25, 0.3) is 10.6 Å². The van der Waals surface area contributed by atoms with Crippen molar-refractivity contribution in [2.45, 2.75) is 19.4 Å². The first-order valence-electron chi connectivity index (χ1n) is 7.42. The van der Waals surface area contributed by atoms with Crippen LogP contribution in [0.3, 0.4) is 0 Å². The van der Waals surface area contributed by atoms with Crippen molar-refractivity contribution in [3.8, 4) is 10.6 Å². The standard InChI is InChI=1S/C18H18N2OS2/c1-13(14-6-4-3-5-7-14)20(2)17(21)10-16-12-23-18(19-16)15-8-9-22-11-15/h3-9,11-13H,10H2,1-2H3/t13-/m0/s1. The molecule has 2 aromatic heterocycles. The van der Waals surface area contributed by atoms with Gasteiger partial charge in [0.05, 0.1) is 18.2 Å². The highest BCUT2D eigenvalue weighted by molar-refractivity contribution is 7.14. The molecule has 0 fully saturated rings. The van der Waals surface area contributed by atoms with Gasteiger partial charge < -0.3 is 4.90 Å². The van der Waals surface area contributed by atoms with Crippen molar-refractivity contribution < 1.29 is 4.79 Å². The summed E-state index contributed by atoms with van der Waals surface area (Å²) in [5.41, 5.74) is 3.11. The van der Waals surface area contributed by atoms with Crippen molar-refractivity contribution in [1.82, 2.24) is 9.88 Å². The number of hydrogen-bond donors (Lipinski definition) is 0. The SMILES string of the molecule is C[C@@H](c1ccccc1)N(C)C(=O)Cc1csc(-c2ccsc2)n1. The molecular formula is C18H18N2OS2. The Kier molecular flexibility index (Phi) is 4.88. The summed E-state index contributed by atoms with van der Waals surface area (Å²) in [6.07, 6.45) is 0.342. The highest BCUT2D eigenvalue weighted by Crippen LogP contribution is 2.26. The number of rotatable bonds is 5. The predicted octanol–water partition coefficient (Wildman–Crippen LogP) is 4.63. The minimum absolute atomic E-state index is 0.0543. The Morgan fingerprint density at radius 2 is 2.00 bits per heavy atom. The van der Waals surface area contributed by atoms with Gasteiger partial charge >= 0.3 is 0 Å². The second-order valence-corrected chi connectivity index (χ2v) is 7.06. The molecule has 118 valence electrons. The van der Waals surface area contributed by atoms with E-state index in [9.17, 15) is 4.79 Å². The van der Waals surface area contributed by atoms with E-state index in [1.807, 2.05) is 55.1 Å². The number of nitrogens with zero attached hydrogens (tertiary/aromatic N) is 2. The first-order chi connectivity index (χ1) is 11.1. The Bertz CT molecular complexity index is 765. The van der Waals surface area contributed by atoms with Crippen molar-refractivity contribution in [3.63, 3.8) is 0 Å². The maximum atomic E-state index is 12.5. The molecule has 5 heteroatoms. The van der Waals surface area contributed by atoms with Gasteiger partial charge in [0.1, 0.15) is 5.01 Å². The van der Waals surface area contributed by atoms with E-state index in [0.29, 0.717) is 6.42 Å². The van der Waals surface area contributed by atoms with Gasteiger partial charge in [-0.15, -0.1) is 11.3 Å². The fraction of sp³-hybridized carbons (Fsp3) is 0.222. The lowest BCUT2D eigenvalue weighted by molar-refractivity contribution is -0.131. The molecule has 3 nitrogen and oxygen atoms in total. The molecular weight excluding hydrogens is 324 g/mol. The Balaban J connectivity index is 1.67. The molecule has 2 heterocycles. The fourth-order valence-corrected chi connectivity index (χ4v) is 3.89. The van der Waals surface area contributed by atoms with Crippen LogP contribution < -0.4 is 0 Å². The largest absolute Gasteiger partial charge is 0.339 e. The van der Waals surface area contributed by atoms with Crippen molar-refractivity contribution in [2.24, 2.45) is 0 Å². The highest BCUT2D eigenvalue weighted by atomic mass is 32.1. The topological polar surface area (TPSA) is 33.2 Å². The lowest BCUT2D eigenvalue weighted by Crippen LogP contribution is -2.31. The quantitative estimate of drug-likeness (QED) is 0.677. The van der Waals surface area contributed by atoms with E-state index in [-0.39, 0.29) is 11.9 Å². The number of thiazole rings is 1. The molecule has 0 unspecified atom stereocenters. The monoisotopic (exact) mass is 342 g/mol. The maximum Gasteiger partial charge on any atom is 0.228 e. The Labute approximate surface area is 144 Å². The molecule has 0 saturated carbocycles. The third-order valence-electron chi connectivity index (χ3n) is 3.91. The number of carbonyl (C=O) groups excluding carboxylic acids is 1. The van der Waals surface area contributed by atoms with Crippen molar-refractivity contribution in [1.29, 1.82) is 0 Å². The van der Waals surface area contributed by atoms with Crippen LogP contribution in [-0.4, -0.2) is 22.8 Å². The van der Waals surface area contributed by atoms with Gasteiger partial charge in [0.25, 0.3) is 0 Å². The molecule has 0 radical (unpaired) electrons. The van der Waals surface area contributed by atoms with Gasteiger partial charge in [-0.2, -0.15) is 11.3 Å². The zero-order valence-electron chi connectivity index (χ0n) is 13.1. The van der Waals surface area contributed by atoms with Gasteiger partial charge in [-0.1, -0.05) is 30.3 Å². The molecule has 23 heavy (non-hydrogen) atoms. The Hall–Kier alpha value is -1.98. The number of likely N-dealkylation sites (N-methyl/N-ethyl adjacent to an activating group) is 1. The minimum Gasteiger partial charge on any atom is -0.339 e. The maximum absolute atomic E-state index is 12.5. The van der Waals surface area contributed by atoms with E-state index < -0.39 is 0 Å². The van der Waals surface area contributed by atoms with Crippen molar-refractivity contribution in [3.05, 3.63) is 63.8 Å². The average molecular weight is 342 g/mol. The van der Waals surface area contributed by atoms with Crippen LogP contribution in [0, 0.1) is 0 Å². The van der Waals surface area contributed by atoms with Gasteiger partial charge in [-0.05, 0) is 23.9 Å². The second-order valence-electron chi connectivity index (χ2n) is 5.42. The molecule has 1 aromatic carbocycles. The number of amides is 1. The Morgan fingerprint density at radius 3 is 2.70 bits per heavy atom.